The second-order valence-corrected chi connectivity index (χ2v) is 5.42. The number of hydrogen-bond donors (Lipinski definition) is 1. The predicted octanol–water partition coefficient (Wildman–Crippen LogP) is 4.55. The highest BCUT2D eigenvalue weighted by atomic mass is 19.4. The number of nitrogens with zero attached hydrogens (tertiary/aromatic N) is 2. The van der Waals surface area contributed by atoms with Gasteiger partial charge in [0.1, 0.15) is 5.82 Å². The van der Waals surface area contributed by atoms with Crippen molar-refractivity contribution < 1.29 is 22.3 Å². The molecule has 3 rings (SSSR count). The first-order valence-electron chi connectivity index (χ1n) is 7.51. The van der Waals surface area contributed by atoms with Gasteiger partial charge in [0, 0.05) is 17.8 Å². The Morgan fingerprint density at radius 3 is 2.31 bits per heavy atom. The number of ether oxygens (including phenoxy) is 1. The molecule has 26 heavy (non-hydrogen) atoms. The number of aromatic nitrogens is 2. The summed E-state index contributed by atoms with van der Waals surface area (Å²) in [7, 11) is 0. The average molecular weight is 363 g/mol. The van der Waals surface area contributed by atoms with Crippen LogP contribution in [0, 0.1) is 5.82 Å². The summed E-state index contributed by atoms with van der Waals surface area (Å²) >= 11 is 0. The maximum atomic E-state index is 13.4. The molecule has 1 atom stereocenters. The van der Waals surface area contributed by atoms with Crippen LogP contribution in [0.5, 0.6) is 5.88 Å². The molecule has 3 aromatic rings. The van der Waals surface area contributed by atoms with E-state index in [0.29, 0.717) is 11.1 Å². The van der Waals surface area contributed by atoms with Crippen molar-refractivity contribution in [3.8, 4) is 17.0 Å². The summed E-state index contributed by atoms with van der Waals surface area (Å²) in [5, 5.41) is 0. The molecule has 4 nitrogen and oxygen atoms in total. The van der Waals surface area contributed by atoms with Gasteiger partial charge in [0.2, 0.25) is 17.9 Å². The normalized spacial score (nSPS) is 12.6. The van der Waals surface area contributed by atoms with Crippen molar-refractivity contribution in [3.05, 3.63) is 72.2 Å². The molecule has 0 amide bonds. The fourth-order valence-corrected chi connectivity index (χ4v) is 2.39. The summed E-state index contributed by atoms with van der Waals surface area (Å²) in [6.45, 7) is 0. The predicted molar refractivity (Wildman–Crippen MR) is 87.7 cm³/mol. The minimum atomic E-state index is -4.67. The Kier molecular flexibility index (Phi) is 4.75. The summed E-state index contributed by atoms with van der Waals surface area (Å²) in [5.41, 5.74) is 6.39. The third-order valence-electron chi connectivity index (χ3n) is 3.56. The maximum absolute atomic E-state index is 13.4. The molecule has 0 aliphatic heterocycles. The van der Waals surface area contributed by atoms with Gasteiger partial charge in [-0.3, -0.25) is 0 Å². The minimum Gasteiger partial charge on any atom is -0.460 e. The van der Waals surface area contributed by atoms with Gasteiger partial charge < -0.3 is 10.5 Å². The fourth-order valence-electron chi connectivity index (χ4n) is 2.39. The van der Waals surface area contributed by atoms with Crippen molar-refractivity contribution in [3.63, 3.8) is 0 Å². The van der Waals surface area contributed by atoms with Crippen molar-refractivity contribution in [1.29, 1.82) is 0 Å². The van der Waals surface area contributed by atoms with Crippen LogP contribution in [-0.4, -0.2) is 16.1 Å². The fraction of sp³-hybridized carbons (Fsp3) is 0.111. The van der Waals surface area contributed by atoms with Crippen LogP contribution < -0.4 is 10.5 Å². The molecule has 134 valence electrons. The van der Waals surface area contributed by atoms with Crippen molar-refractivity contribution in [2.45, 2.75) is 12.3 Å². The largest absolute Gasteiger partial charge is 0.460 e. The third kappa shape index (κ3) is 4.08. The van der Waals surface area contributed by atoms with Crippen LogP contribution >= 0.6 is 0 Å². The molecule has 1 heterocycles. The van der Waals surface area contributed by atoms with Gasteiger partial charge in [-0.05, 0) is 23.3 Å². The zero-order chi connectivity index (χ0) is 18.7. The van der Waals surface area contributed by atoms with Crippen LogP contribution in [0.3, 0.4) is 0 Å². The molecule has 0 aliphatic carbocycles. The van der Waals surface area contributed by atoms with E-state index in [0.717, 1.165) is 0 Å². The van der Waals surface area contributed by atoms with Crippen LogP contribution in [0.15, 0.2) is 60.8 Å². The van der Waals surface area contributed by atoms with Gasteiger partial charge >= 0.3 is 6.18 Å². The van der Waals surface area contributed by atoms with Gasteiger partial charge in [0.15, 0.2) is 0 Å². The van der Waals surface area contributed by atoms with E-state index in [-0.39, 0.29) is 17.4 Å². The lowest BCUT2D eigenvalue weighted by atomic mass is 10.0. The quantitative estimate of drug-likeness (QED) is 0.691. The van der Waals surface area contributed by atoms with Crippen LogP contribution in [-0.2, 0) is 0 Å². The highest BCUT2D eigenvalue weighted by Gasteiger charge is 2.43. The molecular formula is C18H13F4N3O. The second-order valence-electron chi connectivity index (χ2n) is 5.42. The Labute approximate surface area is 146 Å². The number of anilines is 1. The SMILES string of the molecule is Nc1nccc(OC(c2ccc(-c3cccc(F)c3)cc2)C(F)(F)F)n1. The van der Waals surface area contributed by atoms with Crippen LogP contribution in [0.1, 0.15) is 11.7 Å². The number of nitrogen functional groups attached to an aromatic ring is 1. The van der Waals surface area contributed by atoms with Crippen molar-refractivity contribution in [1.82, 2.24) is 9.97 Å². The summed E-state index contributed by atoms with van der Waals surface area (Å²) in [6.07, 6.45) is -5.68. The number of nitrogens with two attached hydrogens (primary N) is 1. The van der Waals surface area contributed by atoms with Crippen molar-refractivity contribution >= 4 is 5.95 Å². The average Bonchev–Trinajstić information content (AvgIpc) is 2.59. The summed E-state index contributed by atoms with van der Waals surface area (Å²) in [5.74, 6) is -0.900. The Morgan fingerprint density at radius 1 is 0.962 bits per heavy atom. The number of alkyl halides is 3. The van der Waals surface area contributed by atoms with E-state index in [2.05, 4.69) is 9.97 Å². The first kappa shape index (κ1) is 17.7. The van der Waals surface area contributed by atoms with E-state index in [9.17, 15) is 17.6 Å². The van der Waals surface area contributed by atoms with Crippen molar-refractivity contribution in [2.24, 2.45) is 0 Å². The summed E-state index contributed by atoms with van der Waals surface area (Å²) in [4.78, 5) is 7.24. The van der Waals surface area contributed by atoms with Crippen LogP contribution in [0.4, 0.5) is 23.5 Å². The molecule has 1 unspecified atom stereocenters. The molecule has 0 bridgehead atoms. The van der Waals surface area contributed by atoms with Crippen LogP contribution in [0.25, 0.3) is 11.1 Å². The zero-order valence-corrected chi connectivity index (χ0v) is 13.2. The molecule has 0 spiro atoms. The molecule has 0 radical (unpaired) electrons. The van der Waals surface area contributed by atoms with Gasteiger partial charge in [-0.1, -0.05) is 36.4 Å². The molecule has 2 N–H and O–H groups in total. The number of rotatable bonds is 4. The number of hydrogen-bond acceptors (Lipinski definition) is 4. The zero-order valence-electron chi connectivity index (χ0n) is 13.2. The Balaban J connectivity index is 1.90. The topological polar surface area (TPSA) is 61.0 Å². The van der Waals surface area contributed by atoms with Gasteiger partial charge in [-0.2, -0.15) is 18.2 Å². The highest BCUT2D eigenvalue weighted by Crippen LogP contribution is 2.37. The van der Waals surface area contributed by atoms with Gasteiger partial charge in [-0.25, -0.2) is 9.37 Å². The van der Waals surface area contributed by atoms with E-state index in [4.69, 9.17) is 10.5 Å². The summed E-state index contributed by atoms with van der Waals surface area (Å²) in [6, 6.07) is 12.5. The maximum Gasteiger partial charge on any atom is 0.429 e. The van der Waals surface area contributed by atoms with E-state index < -0.39 is 18.1 Å². The Morgan fingerprint density at radius 2 is 1.69 bits per heavy atom. The van der Waals surface area contributed by atoms with E-state index in [1.54, 1.807) is 6.07 Å². The number of halogens is 4. The lowest BCUT2D eigenvalue weighted by Crippen LogP contribution is -2.26. The molecule has 0 saturated carbocycles. The Bertz CT molecular complexity index is 897. The molecule has 0 saturated heterocycles. The Hall–Kier alpha value is -3.16. The van der Waals surface area contributed by atoms with Crippen molar-refractivity contribution in [2.75, 3.05) is 5.73 Å². The molecule has 0 fully saturated rings. The third-order valence-corrected chi connectivity index (χ3v) is 3.56. The van der Waals surface area contributed by atoms with E-state index in [1.165, 1.54) is 54.7 Å². The smallest absolute Gasteiger partial charge is 0.429 e. The van der Waals surface area contributed by atoms with Gasteiger partial charge in [0.05, 0.1) is 0 Å². The molecular weight excluding hydrogens is 350 g/mol. The van der Waals surface area contributed by atoms with Crippen LogP contribution in [0.2, 0.25) is 0 Å². The standard InChI is InChI=1S/C18H13F4N3O/c19-14-3-1-2-13(10-14)11-4-6-12(7-5-11)16(18(20,21)22)26-15-8-9-24-17(23)25-15/h1-10,16H,(H2,23,24,25). The molecule has 1 aromatic heterocycles. The lowest BCUT2D eigenvalue weighted by molar-refractivity contribution is -0.198. The van der Waals surface area contributed by atoms with E-state index in [1.807, 2.05) is 0 Å². The van der Waals surface area contributed by atoms with Gasteiger partial charge in [-0.15, -0.1) is 0 Å². The summed E-state index contributed by atoms with van der Waals surface area (Å²) < 4.78 is 58.6. The number of benzene rings is 2. The lowest BCUT2D eigenvalue weighted by Gasteiger charge is -2.21. The monoisotopic (exact) mass is 363 g/mol. The minimum absolute atomic E-state index is 0.116. The first-order chi connectivity index (χ1) is 12.3. The first-order valence-corrected chi connectivity index (χ1v) is 7.51. The molecule has 0 aliphatic rings. The highest BCUT2D eigenvalue weighted by molar-refractivity contribution is 5.63. The molecule has 8 heteroatoms. The second kappa shape index (κ2) is 6.99. The molecule has 2 aromatic carbocycles. The van der Waals surface area contributed by atoms with Gasteiger partial charge in [0.25, 0.3) is 0 Å². The van der Waals surface area contributed by atoms with E-state index >= 15 is 0 Å².